The molecule has 0 unspecified atom stereocenters. The average Bonchev–Trinajstić information content (AvgIpc) is 2.79. The van der Waals surface area contributed by atoms with Crippen LogP contribution in [0.1, 0.15) is 16.7 Å². The summed E-state index contributed by atoms with van der Waals surface area (Å²) in [5, 5.41) is 11.7. The predicted octanol–water partition coefficient (Wildman–Crippen LogP) is 5.57. The van der Waals surface area contributed by atoms with E-state index in [9.17, 15) is 18.3 Å². The second-order valence-corrected chi connectivity index (χ2v) is 10.0. The fourth-order valence-corrected chi connectivity index (χ4v) is 5.10. The zero-order valence-electron chi connectivity index (χ0n) is 17.9. The number of nitrogens with one attached hydrogen (secondary N) is 1. The summed E-state index contributed by atoms with van der Waals surface area (Å²) in [6.45, 7) is 2.07. The molecule has 0 fully saturated rings. The topological polar surface area (TPSA) is 83.5 Å². The van der Waals surface area contributed by atoms with Gasteiger partial charge in [-0.05, 0) is 69.8 Å². The van der Waals surface area contributed by atoms with E-state index in [1.165, 1.54) is 0 Å². The normalized spacial score (nSPS) is 11.6. The van der Waals surface area contributed by atoms with Crippen LogP contribution >= 0.6 is 11.6 Å². The Balaban J connectivity index is 1.72. The lowest BCUT2D eigenvalue weighted by molar-refractivity contribution is -0.136. The molecule has 0 bridgehead atoms. The standard InChI is InChI=1S/C26H22ClNO4S/c1-17-21(14-25(29)30)13-20-7-10-22(27)15-24(20)26(17)19-8-11-23(12-9-19)33(31,32)28-16-18-5-3-2-4-6-18/h2-13,15,28H,14,16H2,1H3,(H,29,30). The van der Waals surface area contributed by atoms with Gasteiger partial charge in [-0.25, -0.2) is 13.1 Å². The van der Waals surface area contributed by atoms with E-state index in [1.807, 2.05) is 55.5 Å². The summed E-state index contributed by atoms with van der Waals surface area (Å²) in [5.41, 5.74) is 4.02. The first kappa shape index (κ1) is 23.0. The van der Waals surface area contributed by atoms with Gasteiger partial charge in [-0.2, -0.15) is 0 Å². The van der Waals surface area contributed by atoms with Crippen LogP contribution in [0, 0.1) is 6.92 Å². The van der Waals surface area contributed by atoms with Crippen LogP contribution in [-0.2, 0) is 27.8 Å². The van der Waals surface area contributed by atoms with Gasteiger partial charge in [0.15, 0.2) is 0 Å². The second kappa shape index (κ2) is 9.35. The number of carbonyl (C=O) groups is 1. The van der Waals surface area contributed by atoms with Crippen LogP contribution in [0.2, 0.25) is 5.02 Å². The molecule has 4 aromatic carbocycles. The SMILES string of the molecule is Cc1c(CC(=O)O)cc2ccc(Cl)cc2c1-c1ccc(S(=O)(=O)NCc2ccccc2)cc1. The Labute approximate surface area is 197 Å². The number of fused-ring (bicyclic) bond motifs is 1. The van der Waals surface area contributed by atoms with Gasteiger partial charge in [0, 0.05) is 11.6 Å². The molecule has 5 nitrogen and oxygen atoms in total. The molecular formula is C26H22ClNO4S. The van der Waals surface area contributed by atoms with E-state index in [2.05, 4.69) is 4.72 Å². The molecule has 0 radical (unpaired) electrons. The zero-order chi connectivity index (χ0) is 23.6. The number of hydrogen-bond acceptors (Lipinski definition) is 3. The number of carboxylic acid groups (broad SMARTS) is 1. The maximum Gasteiger partial charge on any atom is 0.307 e. The van der Waals surface area contributed by atoms with Gasteiger partial charge in [0.1, 0.15) is 0 Å². The third kappa shape index (κ3) is 5.09. The molecule has 0 saturated carbocycles. The van der Waals surface area contributed by atoms with Gasteiger partial charge in [0.05, 0.1) is 11.3 Å². The molecule has 4 aromatic rings. The van der Waals surface area contributed by atoms with Gasteiger partial charge in [-0.1, -0.05) is 66.2 Å². The van der Waals surface area contributed by atoms with E-state index < -0.39 is 16.0 Å². The lowest BCUT2D eigenvalue weighted by Gasteiger charge is -2.16. The van der Waals surface area contributed by atoms with E-state index >= 15 is 0 Å². The third-order valence-corrected chi connectivity index (χ3v) is 7.23. The van der Waals surface area contributed by atoms with E-state index in [-0.39, 0.29) is 17.9 Å². The van der Waals surface area contributed by atoms with E-state index in [0.717, 1.165) is 33.0 Å². The lowest BCUT2D eigenvalue weighted by Crippen LogP contribution is -2.23. The minimum atomic E-state index is -3.69. The van der Waals surface area contributed by atoms with Crippen LogP contribution in [0.25, 0.3) is 21.9 Å². The summed E-state index contributed by atoms with van der Waals surface area (Å²) in [5.74, 6) is -0.914. The third-order valence-electron chi connectivity index (χ3n) is 5.58. The molecule has 0 saturated heterocycles. The van der Waals surface area contributed by atoms with Crippen LogP contribution < -0.4 is 4.72 Å². The highest BCUT2D eigenvalue weighted by molar-refractivity contribution is 7.89. The molecule has 0 heterocycles. The van der Waals surface area contributed by atoms with Gasteiger partial charge in [-0.15, -0.1) is 0 Å². The molecule has 2 N–H and O–H groups in total. The zero-order valence-corrected chi connectivity index (χ0v) is 19.5. The van der Waals surface area contributed by atoms with Gasteiger partial charge in [-0.3, -0.25) is 4.79 Å². The molecule has 168 valence electrons. The Morgan fingerprint density at radius 3 is 2.33 bits per heavy atom. The average molecular weight is 480 g/mol. The van der Waals surface area contributed by atoms with Gasteiger partial charge in [0.2, 0.25) is 10.0 Å². The van der Waals surface area contributed by atoms with Crippen molar-refractivity contribution < 1.29 is 18.3 Å². The predicted molar refractivity (Wildman–Crippen MR) is 131 cm³/mol. The van der Waals surface area contributed by atoms with Crippen molar-refractivity contribution in [3.8, 4) is 11.1 Å². The van der Waals surface area contributed by atoms with Crippen molar-refractivity contribution >= 4 is 38.4 Å². The molecule has 0 aromatic heterocycles. The highest BCUT2D eigenvalue weighted by atomic mass is 35.5. The van der Waals surface area contributed by atoms with E-state index in [1.54, 1.807) is 30.3 Å². The highest BCUT2D eigenvalue weighted by Crippen LogP contribution is 2.36. The summed E-state index contributed by atoms with van der Waals surface area (Å²) < 4.78 is 28.1. The van der Waals surface area contributed by atoms with Crippen molar-refractivity contribution in [1.29, 1.82) is 0 Å². The first-order valence-corrected chi connectivity index (χ1v) is 12.2. The monoisotopic (exact) mass is 479 g/mol. The minimum Gasteiger partial charge on any atom is -0.481 e. The van der Waals surface area contributed by atoms with Crippen LogP contribution in [0.3, 0.4) is 0 Å². The number of benzene rings is 4. The van der Waals surface area contributed by atoms with E-state index in [0.29, 0.717) is 10.6 Å². The van der Waals surface area contributed by atoms with Crippen molar-refractivity contribution in [2.45, 2.75) is 24.8 Å². The van der Waals surface area contributed by atoms with Crippen LogP contribution in [0.4, 0.5) is 0 Å². The Morgan fingerprint density at radius 2 is 1.67 bits per heavy atom. The maximum atomic E-state index is 12.8. The van der Waals surface area contributed by atoms with Gasteiger partial charge in [0.25, 0.3) is 0 Å². The number of hydrogen-bond donors (Lipinski definition) is 2. The van der Waals surface area contributed by atoms with Crippen molar-refractivity contribution in [2.75, 3.05) is 0 Å². The highest BCUT2D eigenvalue weighted by Gasteiger charge is 2.17. The lowest BCUT2D eigenvalue weighted by atomic mass is 9.89. The quantitative estimate of drug-likeness (QED) is 0.362. The van der Waals surface area contributed by atoms with Crippen molar-refractivity contribution in [2.24, 2.45) is 0 Å². The number of carboxylic acids is 1. The minimum absolute atomic E-state index is 0.104. The van der Waals surface area contributed by atoms with Gasteiger partial charge < -0.3 is 5.11 Å². The molecule has 4 rings (SSSR count). The number of aliphatic carboxylic acids is 1. The first-order valence-electron chi connectivity index (χ1n) is 10.3. The number of rotatable bonds is 7. The van der Waals surface area contributed by atoms with Crippen molar-refractivity contribution in [3.05, 3.63) is 101 Å². The summed E-state index contributed by atoms with van der Waals surface area (Å²) in [7, 11) is -3.69. The summed E-state index contributed by atoms with van der Waals surface area (Å²) in [6.07, 6.45) is -0.104. The van der Waals surface area contributed by atoms with Crippen LogP contribution in [0.15, 0.2) is 83.8 Å². The summed E-state index contributed by atoms with van der Waals surface area (Å²) >= 11 is 6.24. The first-order chi connectivity index (χ1) is 15.7. The molecule has 0 amide bonds. The molecule has 0 atom stereocenters. The number of sulfonamides is 1. The smallest absolute Gasteiger partial charge is 0.307 e. The molecule has 33 heavy (non-hydrogen) atoms. The molecule has 0 aliphatic heterocycles. The second-order valence-electron chi connectivity index (χ2n) is 7.81. The van der Waals surface area contributed by atoms with E-state index in [4.69, 9.17) is 11.6 Å². The molecule has 0 aliphatic carbocycles. The number of halogens is 1. The fraction of sp³-hybridized carbons (Fsp3) is 0.115. The molecule has 0 spiro atoms. The van der Waals surface area contributed by atoms with Crippen molar-refractivity contribution in [1.82, 2.24) is 4.72 Å². The van der Waals surface area contributed by atoms with Crippen molar-refractivity contribution in [3.63, 3.8) is 0 Å². The molecule has 7 heteroatoms. The Morgan fingerprint density at radius 1 is 0.970 bits per heavy atom. The fourth-order valence-electron chi connectivity index (χ4n) is 3.91. The largest absolute Gasteiger partial charge is 0.481 e. The Bertz CT molecular complexity index is 1430. The summed E-state index contributed by atoms with van der Waals surface area (Å²) in [6, 6.07) is 23.2. The Kier molecular flexibility index (Phi) is 6.51. The molecular weight excluding hydrogens is 458 g/mol. The summed E-state index contributed by atoms with van der Waals surface area (Å²) in [4.78, 5) is 11.5. The Hall–Kier alpha value is -3.19. The van der Waals surface area contributed by atoms with Crippen LogP contribution in [-0.4, -0.2) is 19.5 Å². The molecule has 0 aliphatic rings. The maximum absolute atomic E-state index is 12.8. The van der Waals surface area contributed by atoms with Crippen LogP contribution in [0.5, 0.6) is 0 Å². The van der Waals surface area contributed by atoms with Gasteiger partial charge >= 0.3 is 5.97 Å².